The molecule has 1 aromatic rings. The molecule has 0 aromatic heterocycles. The average Bonchev–Trinajstić information content (AvgIpc) is 2.40. The van der Waals surface area contributed by atoms with Gasteiger partial charge in [-0.25, -0.2) is 4.39 Å². The van der Waals surface area contributed by atoms with Crippen LogP contribution in [0.2, 0.25) is 0 Å². The molecule has 2 rings (SSSR count). The maximum atomic E-state index is 13.3. The molecule has 0 amide bonds. The van der Waals surface area contributed by atoms with Crippen LogP contribution in [0.1, 0.15) is 44.7 Å². The van der Waals surface area contributed by atoms with Gasteiger partial charge in [-0.15, -0.1) is 0 Å². The monoisotopic (exact) mass is 328 g/mol. The van der Waals surface area contributed by atoms with Crippen molar-refractivity contribution in [2.24, 2.45) is 5.73 Å². The number of piperidine rings is 1. The maximum absolute atomic E-state index is 13.3. The molecule has 3 atom stereocenters. The van der Waals surface area contributed by atoms with Crippen LogP contribution in [0.4, 0.5) is 4.39 Å². The summed E-state index contributed by atoms with van der Waals surface area (Å²) in [5.74, 6) is -0.210. The summed E-state index contributed by atoms with van der Waals surface area (Å²) >= 11 is 3.27. The highest BCUT2D eigenvalue weighted by molar-refractivity contribution is 9.10. The third-order valence-corrected chi connectivity index (χ3v) is 4.84. The summed E-state index contributed by atoms with van der Waals surface area (Å²) in [7, 11) is 0. The van der Waals surface area contributed by atoms with E-state index in [4.69, 9.17) is 5.73 Å². The van der Waals surface area contributed by atoms with Crippen molar-refractivity contribution in [3.8, 4) is 0 Å². The Bertz CT molecular complexity index is 438. The van der Waals surface area contributed by atoms with Crippen LogP contribution in [-0.2, 0) is 0 Å². The van der Waals surface area contributed by atoms with Crippen LogP contribution in [0, 0.1) is 5.82 Å². The van der Waals surface area contributed by atoms with Gasteiger partial charge in [-0.2, -0.15) is 0 Å². The molecule has 0 spiro atoms. The Morgan fingerprint density at radius 1 is 1.47 bits per heavy atom. The quantitative estimate of drug-likeness (QED) is 0.913. The van der Waals surface area contributed by atoms with Gasteiger partial charge in [0.15, 0.2) is 0 Å². The Morgan fingerprint density at radius 2 is 2.21 bits per heavy atom. The zero-order chi connectivity index (χ0) is 14.0. The number of nitrogens with two attached hydrogens (primary N) is 1. The van der Waals surface area contributed by atoms with Gasteiger partial charge in [0.25, 0.3) is 0 Å². The van der Waals surface area contributed by atoms with Gasteiger partial charge in [-0.05, 0) is 60.3 Å². The van der Waals surface area contributed by atoms with Crippen molar-refractivity contribution in [2.75, 3.05) is 6.54 Å². The molecule has 0 saturated carbocycles. The fraction of sp³-hybridized carbons (Fsp3) is 0.600. The van der Waals surface area contributed by atoms with Gasteiger partial charge in [0.1, 0.15) is 5.82 Å². The highest BCUT2D eigenvalue weighted by Crippen LogP contribution is 2.33. The van der Waals surface area contributed by atoms with Crippen LogP contribution in [0.3, 0.4) is 0 Å². The number of hydrogen-bond acceptors (Lipinski definition) is 2. The van der Waals surface area contributed by atoms with Crippen LogP contribution in [0.15, 0.2) is 22.7 Å². The van der Waals surface area contributed by atoms with Crippen LogP contribution in [0.5, 0.6) is 0 Å². The van der Waals surface area contributed by atoms with E-state index in [9.17, 15) is 4.39 Å². The summed E-state index contributed by atoms with van der Waals surface area (Å²) in [6.45, 7) is 5.14. The minimum Gasteiger partial charge on any atom is -0.329 e. The first-order valence-corrected chi connectivity index (χ1v) is 7.76. The second-order valence-corrected chi connectivity index (χ2v) is 6.32. The second-order valence-electron chi connectivity index (χ2n) is 5.47. The first-order chi connectivity index (χ1) is 9.04. The van der Waals surface area contributed by atoms with Crippen molar-refractivity contribution >= 4 is 15.9 Å². The molecule has 2 nitrogen and oxygen atoms in total. The van der Waals surface area contributed by atoms with E-state index in [-0.39, 0.29) is 11.9 Å². The highest BCUT2D eigenvalue weighted by atomic mass is 79.9. The zero-order valence-corrected chi connectivity index (χ0v) is 13.2. The van der Waals surface area contributed by atoms with Crippen LogP contribution < -0.4 is 5.73 Å². The van der Waals surface area contributed by atoms with Gasteiger partial charge in [0.05, 0.1) is 4.47 Å². The minimum absolute atomic E-state index is 0.210. The lowest BCUT2D eigenvalue weighted by Crippen LogP contribution is -2.49. The number of halogens is 2. The van der Waals surface area contributed by atoms with Crippen LogP contribution in [0.25, 0.3) is 0 Å². The molecule has 2 N–H and O–H groups in total. The SMILES string of the molecule is CC1CCCC(CN)N1C(C)c1ccc(F)c(Br)c1. The Kier molecular flexibility index (Phi) is 4.98. The number of benzene rings is 1. The van der Waals surface area contributed by atoms with Gasteiger partial charge in [0.2, 0.25) is 0 Å². The van der Waals surface area contributed by atoms with E-state index >= 15 is 0 Å². The minimum atomic E-state index is -0.210. The zero-order valence-electron chi connectivity index (χ0n) is 11.6. The van der Waals surface area contributed by atoms with Gasteiger partial charge >= 0.3 is 0 Å². The first-order valence-electron chi connectivity index (χ1n) is 6.97. The molecule has 0 aliphatic carbocycles. The maximum Gasteiger partial charge on any atom is 0.137 e. The molecule has 1 aliphatic heterocycles. The van der Waals surface area contributed by atoms with Crippen molar-refractivity contribution < 1.29 is 4.39 Å². The third-order valence-electron chi connectivity index (χ3n) is 4.24. The smallest absolute Gasteiger partial charge is 0.137 e. The fourth-order valence-corrected chi connectivity index (χ4v) is 3.59. The Hall–Kier alpha value is -0.450. The van der Waals surface area contributed by atoms with Gasteiger partial charge < -0.3 is 5.73 Å². The molecule has 1 aromatic carbocycles. The topological polar surface area (TPSA) is 29.3 Å². The first kappa shape index (κ1) is 14.9. The molecule has 3 unspecified atom stereocenters. The molecule has 4 heteroatoms. The molecule has 1 aliphatic rings. The summed E-state index contributed by atoms with van der Waals surface area (Å²) in [6, 6.07) is 6.51. The van der Waals surface area contributed by atoms with E-state index < -0.39 is 0 Å². The number of hydrogen-bond donors (Lipinski definition) is 1. The van der Waals surface area contributed by atoms with E-state index in [1.54, 1.807) is 0 Å². The van der Waals surface area contributed by atoms with Crippen molar-refractivity contribution in [3.05, 3.63) is 34.1 Å². The molecule has 19 heavy (non-hydrogen) atoms. The molecular formula is C15H22BrFN2. The lowest BCUT2D eigenvalue weighted by atomic mass is 9.92. The van der Waals surface area contributed by atoms with Gasteiger partial charge in [-0.1, -0.05) is 12.5 Å². The molecule has 1 heterocycles. The Labute approximate surface area is 123 Å². The predicted octanol–water partition coefficient (Wildman–Crippen LogP) is 3.85. The Balaban J connectivity index is 2.24. The van der Waals surface area contributed by atoms with Gasteiger partial charge in [0, 0.05) is 24.7 Å². The summed E-state index contributed by atoms with van der Waals surface area (Å²) in [4.78, 5) is 2.49. The largest absolute Gasteiger partial charge is 0.329 e. The van der Waals surface area contributed by atoms with Crippen molar-refractivity contribution in [1.82, 2.24) is 4.90 Å². The lowest BCUT2D eigenvalue weighted by Gasteiger charge is -2.44. The second kappa shape index (κ2) is 6.33. The molecule has 1 fully saturated rings. The number of rotatable bonds is 3. The van der Waals surface area contributed by atoms with Crippen LogP contribution >= 0.6 is 15.9 Å². The van der Waals surface area contributed by atoms with E-state index in [1.807, 2.05) is 12.1 Å². The fourth-order valence-electron chi connectivity index (χ4n) is 3.19. The number of nitrogens with zero attached hydrogens (tertiary/aromatic N) is 1. The lowest BCUT2D eigenvalue weighted by molar-refractivity contribution is 0.0570. The normalized spacial score (nSPS) is 26.4. The van der Waals surface area contributed by atoms with Crippen molar-refractivity contribution in [2.45, 2.75) is 51.2 Å². The highest BCUT2D eigenvalue weighted by Gasteiger charge is 2.31. The van der Waals surface area contributed by atoms with E-state index in [0.29, 0.717) is 23.1 Å². The summed E-state index contributed by atoms with van der Waals surface area (Å²) in [6.07, 6.45) is 3.62. The molecular weight excluding hydrogens is 307 g/mol. The summed E-state index contributed by atoms with van der Waals surface area (Å²) in [5, 5.41) is 0. The Morgan fingerprint density at radius 3 is 2.84 bits per heavy atom. The van der Waals surface area contributed by atoms with Crippen LogP contribution in [-0.4, -0.2) is 23.5 Å². The summed E-state index contributed by atoms with van der Waals surface area (Å²) in [5.41, 5.74) is 7.05. The van der Waals surface area contributed by atoms with Crippen molar-refractivity contribution in [3.63, 3.8) is 0 Å². The average molecular weight is 329 g/mol. The third kappa shape index (κ3) is 3.18. The molecule has 1 saturated heterocycles. The van der Waals surface area contributed by atoms with Crippen molar-refractivity contribution in [1.29, 1.82) is 0 Å². The molecule has 0 bridgehead atoms. The molecule has 106 valence electrons. The molecule has 0 radical (unpaired) electrons. The predicted molar refractivity (Wildman–Crippen MR) is 80.5 cm³/mol. The standard InChI is InChI=1S/C15H22BrFN2/c1-10-4-3-5-13(9-18)19(10)11(2)12-6-7-15(17)14(16)8-12/h6-8,10-11,13H,3-5,9,18H2,1-2H3. The van der Waals surface area contributed by atoms with E-state index in [2.05, 4.69) is 34.7 Å². The number of likely N-dealkylation sites (tertiary alicyclic amines) is 1. The van der Waals surface area contributed by atoms with Gasteiger partial charge in [-0.3, -0.25) is 4.90 Å². The summed E-state index contributed by atoms with van der Waals surface area (Å²) < 4.78 is 13.9. The van der Waals surface area contributed by atoms with E-state index in [0.717, 1.165) is 12.0 Å². The van der Waals surface area contributed by atoms with E-state index in [1.165, 1.54) is 18.9 Å².